The number of hydrogen-bond acceptors (Lipinski definition) is 8. The molecule has 0 aliphatic carbocycles. The molecule has 0 fully saturated rings. The maximum absolute atomic E-state index is 12.9. The van der Waals surface area contributed by atoms with Crippen LogP contribution in [0.4, 0.5) is 9.59 Å². The second-order valence-electron chi connectivity index (χ2n) is 12.2. The van der Waals surface area contributed by atoms with E-state index in [9.17, 15) is 24.0 Å². The minimum absolute atomic E-state index is 0.0677. The molecule has 228 valence electrons. The van der Waals surface area contributed by atoms with Gasteiger partial charge in [0.2, 0.25) is 0 Å². The molecule has 0 radical (unpaired) electrons. The number of ether oxygens (including phenoxy) is 3. The molecule has 0 rings (SSSR count). The average molecular weight is 569 g/mol. The van der Waals surface area contributed by atoms with Crippen LogP contribution < -0.4 is 21.3 Å². The van der Waals surface area contributed by atoms with E-state index >= 15 is 0 Å². The zero-order valence-electron chi connectivity index (χ0n) is 25.4. The van der Waals surface area contributed by atoms with Crippen molar-refractivity contribution in [3.63, 3.8) is 0 Å². The van der Waals surface area contributed by atoms with Crippen molar-refractivity contribution >= 4 is 30.0 Å². The summed E-state index contributed by atoms with van der Waals surface area (Å²) in [5.74, 6) is 0.390. The number of unbranched alkanes of at least 4 members (excludes halogenated alkanes) is 1. The van der Waals surface area contributed by atoms with Crippen LogP contribution in [0.1, 0.15) is 94.4 Å². The van der Waals surface area contributed by atoms with E-state index in [-0.39, 0.29) is 25.8 Å². The highest BCUT2D eigenvalue weighted by Crippen LogP contribution is 2.15. The van der Waals surface area contributed by atoms with Crippen LogP contribution in [-0.2, 0) is 28.6 Å². The molecule has 12 heteroatoms. The molecule has 0 unspecified atom stereocenters. The minimum atomic E-state index is -1.17. The van der Waals surface area contributed by atoms with Crippen LogP contribution in [0.3, 0.4) is 0 Å². The van der Waals surface area contributed by atoms with Crippen molar-refractivity contribution < 1.29 is 38.2 Å². The molecule has 40 heavy (non-hydrogen) atoms. The van der Waals surface area contributed by atoms with Gasteiger partial charge in [0, 0.05) is 13.0 Å². The maximum atomic E-state index is 12.9. The molecule has 0 aliphatic rings. The molecule has 0 spiro atoms. The molecule has 0 aliphatic heterocycles. The summed E-state index contributed by atoms with van der Waals surface area (Å²) in [5.41, 5.74) is -2.33. The van der Waals surface area contributed by atoms with Crippen molar-refractivity contribution in [1.29, 1.82) is 0 Å². The summed E-state index contributed by atoms with van der Waals surface area (Å²) in [7, 11) is 0. The van der Waals surface area contributed by atoms with Crippen LogP contribution in [0.15, 0.2) is 0 Å². The van der Waals surface area contributed by atoms with Crippen LogP contribution in [0.25, 0.3) is 0 Å². The summed E-state index contributed by atoms with van der Waals surface area (Å²) in [6.07, 6.45) is 6.09. The number of terminal acetylenes is 1. The molecule has 0 aromatic rings. The summed E-state index contributed by atoms with van der Waals surface area (Å²) in [4.78, 5) is 62.4. The standard InChI is InChI=1S/C28H48N4O8/c1-11-17-29-24(36)30-18-13-12-14-19(22(34)39-27(5,6)7)31-25(37)32-20(23(35)40-28(8,9)10)15-16-21(33)38-26(2,3)4/h1,19-20H,12-18H2,2-10H3,(H2,29,30,36)(H2,31,32,37)/t19-,20-/m0/s1. The number of esters is 3. The average Bonchev–Trinajstić information content (AvgIpc) is 2.75. The van der Waals surface area contributed by atoms with Gasteiger partial charge in [0.15, 0.2) is 0 Å². The molecular weight excluding hydrogens is 520 g/mol. The zero-order valence-corrected chi connectivity index (χ0v) is 25.4. The highest BCUT2D eigenvalue weighted by Gasteiger charge is 2.31. The van der Waals surface area contributed by atoms with Crippen molar-refractivity contribution in [2.45, 2.75) is 123 Å². The summed E-state index contributed by atoms with van der Waals surface area (Å²) < 4.78 is 16.2. The van der Waals surface area contributed by atoms with E-state index in [1.807, 2.05) is 0 Å². The number of hydrogen-bond donors (Lipinski definition) is 4. The Morgan fingerprint density at radius 1 is 0.675 bits per heavy atom. The first kappa shape index (κ1) is 36.5. The first-order valence-electron chi connectivity index (χ1n) is 13.4. The van der Waals surface area contributed by atoms with E-state index in [0.717, 1.165) is 0 Å². The van der Waals surface area contributed by atoms with Gasteiger partial charge >= 0.3 is 30.0 Å². The van der Waals surface area contributed by atoms with Crippen molar-refractivity contribution in [1.82, 2.24) is 21.3 Å². The van der Waals surface area contributed by atoms with Gasteiger partial charge in [-0.15, -0.1) is 6.42 Å². The Morgan fingerprint density at radius 3 is 1.60 bits per heavy atom. The minimum Gasteiger partial charge on any atom is -0.460 e. The smallest absolute Gasteiger partial charge is 0.329 e. The van der Waals surface area contributed by atoms with Crippen LogP contribution in [0.2, 0.25) is 0 Å². The fourth-order valence-electron chi connectivity index (χ4n) is 3.13. The molecule has 0 aromatic heterocycles. The topological polar surface area (TPSA) is 161 Å². The SMILES string of the molecule is C#CCNC(=O)NCCCC[C@H](NC(=O)N[C@@H](CCC(=O)OC(C)(C)C)C(=O)OC(C)(C)C)C(=O)OC(C)(C)C. The van der Waals surface area contributed by atoms with Gasteiger partial charge in [-0.05, 0) is 88.0 Å². The molecule has 12 nitrogen and oxygen atoms in total. The van der Waals surface area contributed by atoms with Gasteiger partial charge in [-0.3, -0.25) is 4.79 Å². The predicted octanol–water partition coefficient (Wildman–Crippen LogP) is 2.93. The Kier molecular flexibility index (Phi) is 15.1. The quantitative estimate of drug-likeness (QED) is 0.114. The number of carbonyl (C=O) groups is 5. The summed E-state index contributed by atoms with van der Waals surface area (Å²) in [5, 5.41) is 10.2. The van der Waals surface area contributed by atoms with E-state index in [1.54, 1.807) is 62.3 Å². The van der Waals surface area contributed by atoms with Gasteiger partial charge in [0.1, 0.15) is 28.9 Å². The molecular formula is C28H48N4O8. The van der Waals surface area contributed by atoms with Gasteiger partial charge in [0.25, 0.3) is 0 Å². The number of carbonyl (C=O) groups excluding carboxylic acids is 5. The lowest BCUT2D eigenvalue weighted by atomic mass is 10.1. The normalized spacial score (nSPS) is 13.1. The highest BCUT2D eigenvalue weighted by atomic mass is 16.6. The van der Waals surface area contributed by atoms with E-state index in [0.29, 0.717) is 19.4 Å². The lowest BCUT2D eigenvalue weighted by Gasteiger charge is -2.27. The number of rotatable bonds is 13. The summed E-state index contributed by atoms with van der Waals surface area (Å²) in [6, 6.07) is -3.40. The largest absolute Gasteiger partial charge is 0.460 e. The van der Waals surface area contributed by atoms with Gasteiger partial charge in [-0.2, -0.15) is 0 Å². The lowest BCUT2D eigenvalue weighted by molar-refractivity contribution is -0.159. The van der Waals surface area contributed by atoms with E-state index in [2.05, 4.69) is 27.2 Å². The van der Waals surface area contributed by atoms with Crippen molar-refractivity contribution in [2.24, 2.45) is 0 Å². The van der Waals surface area contributed by atoms with Gasteiger partial charge in [-0.1, -0.05) is 5.92 Å². The molecule has 0 aromatic carbocycles. The van der Waals surface area contributed by atoms with E-state index in [4.69, 9.17) is 20.6 Å². The molecule has 0 heterocycles. The van der Waals surface area contributed by atoms with Gasteiger partial charge in [0.05, 0.1) is 6.54 Å². The Bertz CT molecular complexity index is 907. The number of urea groups is 2. The fourth-order valence-corrected chi connectivity index (χ4v) is 3.13. The lowest BCUT2D eigenvalue weighted by Crippen LogP contribution is -2.53. The zero-order chi connectivity index (χ0) is 31.1. The van der Waals surface area contributed by atoms with Crippen molar-refractivity contribution in [3.8, 4) is 12.3 Å². The monoisotopic (exact) mass is 568 g/mol. The van der Waals surface area contributed by atoms with Gasteiger partial charge in [-0.25, -0.2) is 19.2 Å². The van der Waals surface area contributed by atoms with Crippen LogP contribution in [0, 0.1) is 12.3 Å². The van der Waals surface area contributed by atoms with Crippen molar-refractivity contribution in [2.75, 3.05) is 13.1 Å². The molecule has 0 saturated carbocycles. The fraction of sp³-hybridized carbons (Fsp3) is 0.750. The summed E-state index contributed by atoms with van der Waals surface area (Å²) >= 11 is 0. The molecule has 0 saturated heterocycles. The second-order valence-corrected chi connectivity index (χ2v) is 12.2. The van der Waals surface area contributed by atoms with Crippen LogP contribution >= 0.6 is 0 Å². The molecule has 0 bridgehead atoms. The van der Waals surface area contributed by atoms with Crippen molar-refractivity contribution in [3.05, 3.63) is 0 Å². The van der Waals surface area contributed by atoms with Crippen LogP contribution in [0.5, 0.6) is 0 Å². The third-order valence-electron chi connectivity index (χ3n) is 4.61. The number of nitrogens with one attached hydrogen (secondary N) is 4. The predicted molar refractivity (Wildman–Crippen MR) is 150 cm³/mol. The first-order chi connectivity index (χ1) is 18.2. The molecule has 4 amide bonds. The highest BCUT2D eigenvalue weighted by molar-refractivity contribution is 5.87. The first-order valence-corrected chi connectivity index (χ1v) is 13.4. The Balaban J connectivity index is 5.35. The number of amides is 4. The molecule has 4 N–H and O–H groups in total. The van der Waals surface area contributed by atoms with Crippen LogP contribution in [-0.4, -0.2) is 71.9 Å². The maximum Gasteiger partial charge on any atom is 0.329 e. The Morgan fingerprint density at radius 2 is 1.15 bits per heavy atom. The third kappa shape index (κ3) is 19.6. The third-order valence-corrected chi connectivity index (χ3v) is 4.61. The van der Waals surface area contributed by atoms with Gasteiger partial charge < -0.3 is 35.5 Å². The molecule has 2 atom stereocenters. The Hall–Kier alpha value is -3.49. The Labute approximate surface area is 238 Å². The van der Waals surface area contributed by atoms with E-state index < -0.39 is 58.9 Å². The second kappa shape index (κ2) is 16.6. The summed E-state index contributed by atoms with van der Waals surface area (Å²) in [6.45, 7) is 15.8. The van der Waals surface area contributed by atoms with E-state index in [1.165, 1.54) is 0 Å².